The van der Waals surface area contributed by atoms with Crippen LogP contribution in [0.1, 0.15) is 33.6 Å². The van der Waals surface area contributed by atoms with Crippen LogP contribution in [0.4, 0.5) is 5.13 Å². The fourth-order valence-electron chi connectivity index (χ4n) is 3.27. The predicted molar refractivity (Wildman–Crippen MR) is 114 cm³/mol. The number of benzene rings is 2. The normalized spacial score (nSPS) is 12.8. The highest BCUT2D eigenvalue weighted by atomic mass is 32.1. The number of anilines is 1. The SMILES string of the molecule is COc1cccc(-c2csc(NC(=O)CCCN3C(=O)c4ccccc4C3=O)n2)c1. The number of rotatable bonds is 7. The van der Waals surface area contributed by atoms with Crippen molar-refractivity contribution in [1.29, 1.82) is 0 Å². The van der Waals surface area contributed by atoms with Crippen LogP contribution in [0.3, 0.4) is 0 Å². The van der Waals surface area contributed by atoms with E-state index < -0.39 is 0 Å². The number of ether oxygens (including phenoxy) is 1. The molecular formula is C22H19N3O4S. The zero-order valence-corrected chi connectivity index (χ0v) is 17.1. The molecule has 0 atom stereocenters. The van der Waals surface area contributed by atoms with Gasteiger partial charge in [-0.2, -0.15) is 0 Å². The standard InChI is InChI=1S/C22H19N3O4S/c1-29-15-7-4-6-14(12-15)18-13-30-22(23-18)24-19(26)10-5-11-25-20(27)16-8-2-3-9-17(16)21(25)28/h2-4,6-9,12-13H,5,10-11H2,1H3,(H,23,24,26). The molecule has 2 aromatic carbocycles. The van der Waals surface area contributed by atoms with Gasteiger partial charge >= 0.3 is 0 Å². The number of fused-ring (bicyclic) bond motifs is 1. The van der Waals surface area contributed by atoms with E-state index in [1.54, 1.807) is 31.4 Å². The first-order chi connectivity index (χ1) is 14.6. The van der Waals surface area contributed by atoms with E-state index in [0.717, 1.165) is 17.0 Å². The molecule has 0 saturated carbocycles. The molecule has 152 valence electrons. The smallest absolute Gasteiger partial charge is 0.261 e. The van der Waals surface area contributed by atoms with Crippen molar-refractivity contribution in [2.24, 2.45) is 0 Å². The van der Waals surface area contributed by atoms with Gasteiger partial charge in [0.25, 0.3) is 11.8 Å². The lowest BCUT2D eigenvalue weighted by Gasteiger charge is -2.13. The van der Waals surface area contributed by atoms with Crippen LogP contribution in [0.2, 0.25) is 0 Å². The van der Waals surface area contributed by atoms with Crippen LogP contribution >= 0.6 is 11.3 Å². The Morgan fingerprint density at radius 1 is 1.10 bits per heavy atom. The van der Waals surface area contributed by atoms with Gasteiger partial charge in [0, 0.05) is 23.9 Å². The summed E-state index contributed by atoms with van der Waals surface area (Å²) in [6, 6.07) is 14.3. The first kappa shape index (κ1) is 19.8. The third kappa shape index (κ3) is 3.95. The first-order valence-corrected chi connectivity index (χ1v) is 10.3. The van der Waals surface area contributed by atoms with Crippen molar-refractivity contribution in [3.05, 3.63) is 65.0 Å². The van der Waals surface area contributed by atoms with Crippen molar-refractivity contribution in [3.63, 3.8) is 0 Å². The number of aromatic nitrogens is 1. The maximum Gasteiger partial charge on any atom is 0.261 e. The Bertz CT molecular complexity index is 1090. The van der Waals surface area contributed by atoms with Crippen molar-refractivity contribution in [3.8, 4) is 17.0 Å². The fourth-order valence-corrected chi connectivity index (χ4v) is 4.00. The van der Waals surface area contributed by atoms with Crippen LogP contribution in [0.25, 0.3) is 11.3 Å². The molecule has 0 spiro atoms. The highest BCUT2D eigenvalue weighted by molar-refractivity contribution is 7.14. The minimum Gasteiger partial charge on any atom is -0.497 e. The number of nitrogens with one attached hydrogen (secondary N) is 1. The number of nitrogens with zero attached hydrogens (tertiary/aromatic N) is 2. The molecule has 0 fully saturated rings. The fraction of sp³-hybridized carbons (Fsp3) is 0.182. The summed E-state index contributed by atoms with van der Waals surface area (Å²) < 4.78 is 5.22. The molecule has 2 heterocycles. The van der Waals surface area contributed by atoms with E-state index in [4.69, 9.17) is 4.74 Å². The largest absolute Gasteiger partial charge is 0.497 e. The van der Waals surface area contributed by atoms with E-state index in [1.165, 1.54) is 16.2 Å². The van der Waals surface area contributed by atoms with Crippen molar-refractivity contribution >= 4 is 34.2 Å². The maximum absolute atomic E-state index is 12.3. The Morgan fingerprint density at radius 3 is 2.53 bits per heavy atom. The van der Waals surface area contributed by atoms with Crippen LogP contribution in [0, 0.1) is 0 Å². The summed E-state index contributed by atoms with van der Waals surface area (Å²) in [5.41, 5.74) is 2.48. The van der Waals surface area contributed by atoms with Gasteiger partial charge in [0.15, 0.2) is 5.13 Å². The van der Waals surface area contributed by atoms with Crippen LogP contribution < -0.4 is 10.1 Å². The highest BCUT2D eigenvalue weighted by Crippen LogP contribution is 2.27. The van der Waals surface area contributed by atoms with Gasteiger partial charge in [-0.15, -0.1) is 11.3 Å². The monoisotopic (exact) mass is 421 g/mol. The van der Waals surface area contributed by atoms with Gasteiger partial charge < -0.3 is 10.1 Å². The Labute approximate surface area is 177 Å². The van der Waals surface area contributed by atoms with E-state index in [-0.39, 0.29) is 30.7 Å². The van der Waals surface area contributed by atoms with Crippen molar-refractivity contribution < 1.29 is 19.1 Å². The second kappa shape index (κ2) is 8.46. The number of carbonyl (C=O) groups excluding carboxylic acids is 3. The molecule has 0 unspecified atom stereocenters. The Morgan fingerprint density at radius 2 is 1.83 bits per heavy atom. The molecular weight excluding hydrogens is 402 g/mol. The molecule has 7 nitrogen and oxygen atoms in total. The highest BCUT2D eigenvalue weighted by Gasteiger charge is 2.34. The Hall–Kier alpha value is -3.52. The van der Waals surface area contributed by atoms with Gasteiger partial charge in [-0.3, -0.25) is 19.3 Å². The molecule has 8 heteroatoms. The number of thiazole rings is 1. The second-order valence-electron chi connectivity index (χ2n) is 6.73. The zero-order chi connectivity index (χ0) is 21.1. The lowest BCUT2D eigenvalue weighted by atomic mass is 10.1. The van der Waals surface area contributed by atoms with Crippen molar-refractivity contribution in [2.75, 3.05) is 19.0 Å². The quantitative estimate of drug-likeness (QED) is 0.586. The predicted octanol–water partition coefficient (Wildman–Crippen LogP) is 3.83. The molecule has 0 bridgehead atoms. The third-order valence-electron chi connectivity index (χ3n) is 4.78. The second-order valence-corrected chi connectivity index (χ2v) is 7.59. The van der Waals surface area contributed by atoms with Gasteiger partial charge in [0.05, 0.1) is 23.9 Å². The van der Waals surface area contributed by atoms with E-state index in [0.29, 0.717) is 22.7 Å². The average molecular weight is 421 g/mol. The molecule has 0 radical (unpaired) electrons. The third-order valence-corrected chi connectivity index (χ3v) is 5.54. The summed E-state index contributed by atoms with van der Waals surface area (Å²) in [6.45, 7) is 0.201. The lowest BCUT2D eigenvalue weighted by molar-refractivity contribution is -0.116. The molecule has 30 heavy (non-hydrogen) atoms. The van der Waals surface area contributed by atoms with Gasteiger partial charge in [0.1, 0.15) is 5.75 Å². The van der Waals surface area contributed by atoms with Crippen LogP contribution in [-0.4, -0.2) is 41.3 Å². The molecule has 1 aliphatic rings. The molecule has 0 saturated heterocycles. The maximum atomic E-state index is 12.3. The van der Waals surface area contributed by atoms with E-state index in [9.17, 15) is 14.4 Å². The summed E-state index contributed by atoms with van der Waals surface area (Å²) in [7, 11) is 1.60. The summed E-state index contributed by atoms with van der Waals surface area (Å²) in [5.74, 6) is -0.0879. The van der Waals surface area contributed by atoms with Crippen molar-refractivity contribution in [1.82, 2.24) is 9.88 Å². The number of imide groups is 1. The number of carbonyl (C=O) groups is 3. The molecule has 1 N–H and O–H groups in total. The molecule has 3 amide bonds. The molecule has 3 aromatic rings. The minimum atomic E-state index is -0.307. The van der Waals surface area contributed by atoms with Crippen LogP contribution in [-0.2, 0) is 4.79 Å². The summed E-state index contributed by atoms with van der Waals surface area (Å²) in [4.78, 5) is 42.6. The van der Waals surface area contributed by atoms with Crippen LogP contribution in [0.5, 0.6) is 5.75 Å². The van der Waals surface area contributed by atoms with Crippen LogP contribution in [0.15, 0.2) is 53.9 Å². The number of methoxy groups -OCH3 is 1. The van der Waals surface area contributed by atoms with E-state index in [1.807, 2.05) is 29.6 Å². The van der Waals surface area contributed by atoms with E-state index in [2.05, 4.69) is 10.3 Å². The zero-order valence-electron chi connectivity index (χ0n) is 16.3. The summed E-state index contributed by atoms with van der Waals surface area (Å²) in [5, 5.41) is 5.14. The molecule has 4 rings (SSSR count). The molecule has 0 aliphatic carbocycles. The van der Waals surface area contributed by atoms with E-state index >= 15 is 0 Å². The topological polar surface area (TPSA) is 88.6 Å². The summed E-state index contributed by atoms with van der Waals surface area (Å²) in [6.07, 6.45) is 0.562. The average Bonchev–Trinajstić information content (AvgIpc) is 3.32. The first-order valence-electron chi connectivity index (χ1n) is 9.42. The number of amides is 3. The molecule has 1 aliphatic heterocycles. The summed E-state index contributed by atoms with van der Waals surface area (Å²) >= 11 is 1.33. The van der Waals surface area contributed by atoms with Crippen molar-refractivity contribution in [2.45, 2.75) is 12.8 Å². The Balaban J connectivity index is 1.30. The van der Waals surface area contributed by atoms with Gasteiger partial charge in [-0.1, -0.05) is 24.3 Å². The van der Waals surface area contributed by atoms with Gasteiger partial charge in [-0.05, 0) is 30.7 Å². The van der Waals surface area contributed by atoms with Gasteiger partial charge in [0.2, 0.25) is 5.91 Å². The Kier molecular flexibility index (Phi) is 5.58. The minimum absolute atomic E-state index is 0.182. The van der Waals surface area contributed by atoms with Gasteiger partial charge in [-0.25, -0.2) is 4.98 Å². The molecule has 1 aromatic heterocycles. The number of hydrogen-bond donors (Lipinski definition) is 1. The number of hydrogen-bond acceptors (Lipinski definition) is 6. The lowest BCUT2D eigenvalue weighted by Crippen LogP contribution is -2.31.